The largest absolute Gasteiger partial charge is 0.497 e. The van der Waals surface area contributed by atoms with Crippen molar-refractivity contribution in [2.75, 3.05) is 12.8 Å². The van der Waals surface area contributed by atoms with E-state index in [-0.39, 0.29) is 0 Å². The summed E-state index contributed by atoms with van der Waals surface area (Å²) < 4.78 is 9.20. The van der Waals surface area contributed by atoms with E-state index < -0.39 is 0 Å². The molecule has 0 spiro atoms. The molecule has 1 aromatic carbocycles. The standard InChI is InChI=1S/C15H19N5O/c1-4-20-14-13(10(2)18-20)17-15(16)19(14)9-11-6-5-7-12(8-11)21-3/h5-8H,4,9H2,1-3H3,(H2,16,17). The van der Waals surface area contributed by atoms with Crippen molar-refractivity contribution in [3.63, 3.8) is 0 Å². The number of anilines is 1. The second-order valence-corrected chi connectivity index (χ2v) is 4.98. The zero-order valence-electron chi connectivity index (χ0n) is 12.5. The van der Waals surface area contributed by atoms with Gasteiger partial charge in [-0.05, 0) is 31.5 Å². The maximum atomic E-state index is 6.09. The minimum Gasteiger partial charge on any atom is -0.497 e. The van der Waals surface area contributed by atoms with Gasteiger partial charge in [0.15, 0.2) is 5.65 Å². The SMILES string of the molecule is CCn1nc(C)c2nc(N)n(Cc3cccc(OC)c3)c21. The van der Waals surface area contributed by atoms with Crippen molar-refractivity contribution >= 4 is 17.1 Å². The van der Waals surface area contributed by atoms with Crippen LogP contribution in [0.2, 0.25) is 0 Å². The van der Waals surface area contributed by atoms with Crippen LogP contribution in [0.4, 0.5) is 5.95 Å². The molecule has 0 aliphatic heterocycles. The number of ether oxygens (including phenoxy) is 1. The highest BCUT2D eigenvalue weighted by Crippen LogP contribution is 2.23. The average molecular weight is 285 g/mol. The first-order chi connectivity index (χ1) is 10.1. The van der Waals surface area contributed by atoms with Crippen LogP contribution in [-0.2, 0) is 13.1 Å². The number of nitrogens with zero attached hydrogens (tertiary/aromatic N) is 4. The summed E-state index contributed by atoms with van der Waals surface area (Å²) in [6, 6.07) is 7.95. The molecule has 0 saturated heterocycles. The van der Waals surface area contributed by atoms with E-state index in [1.165, 1.54) is 0 Å². The fourth-order valence-electron chi connectivity index (χ4n) is 2.57. The van der Waals surface area contributed by atoms with E-state index in [0.29, 0.717) is 12.5 Å². The fourth-order valence-corrected chi connectivity index (χ4v) is 2.57. The lowest BCUT2D eigenvalue weighted by molar-refractivity contribution is 0.414. The number of aromatic nitrogens is 4. The second-order valence-electron chi connectivity index (χ2n) is 4.98. The topological polar surface area (TPSA) is 70.9 Å². The van der Waals surface area contributed by atoms with E-state index in [1.807, 2.05) is 40.4 Å². The minimum atomic E-state index is 0.510. The van der Waals surface area contributed by atoms with Gasteiger partial charge in [0.25, 0.3) is 0 Å². The highest BCUT2D eigenvalue weighted by Gasteiger charge is 2.16. The molecule has 6 heteroatoms. The van der Waals surface area contributed by atoms with Crippen LogP contribution < -0.4 is 10.5 Å². The average Bonchev–Trinajstić information content (AvgIpc) is 2.97. The number of benzene rings is 1. The number of hydrogen-bond donors (Lipinski definition) is 1. The van der Waals surface area contributed by atoms with Gasteiger partial charge >= 0.3 is 0 Å². The Kier molecular flexibility index (Phi) is 3.29. The first-order valence-corrected chi connectivity index (χ1v) is 6.96. The van der Waals surface area contributed by atoms with Crippen molar-refractivity contribution in [3.8, 4) is 5.75 Å². The summed E-state index contributed by atoms with van der Waals surface area (Å²) >= 11 is 0. The normalized spacial score (nSPS) is 11.2. The van der Waals surface area contributed by atoms with E-state index in [9.17, 15) is 0 Å². The summed E-state index contributed by atoms with van der Waals surface area (Å²) in [5.74, 6) is 1.35. The van der Waals surface area contributed by atoms with Gasteiger partial charge in [-0.25, -0.2) is 9.67 Å². The molecule has 0 amide bonds. The molecule has 0 radical (unpaired) electrons. The third-order valence-electron chi connectivity index (χ3n) is 3.60. The van der Waals surface area contributed by atoms with E-state index >= 15 is 0 Å². The van der Waals surface area contributed by atoms with Gasteiger partial charge in [-0.3, -0.25) is 4.57 Å². The predicted molar refractivity (Wildman–Crippen MR) is 82.4 cm³/mol. The molecule has 110 valence electrons. The highest BCUT2D eigenvalue weighted by atomic mass is 16.5. The van der Waals surface area contributed by atoms with Gasteiger partial charge in [-0.15, -0.1) is 0 Å². The number of hydrogen-bond acceptors (Lipinski definition) is 4. The Morgan fingerprint density at radius 1 is 1.33 bits per heavy atom. The van der Waals surface area contributed by atoms with E-state index in [1.54, 1.807) is 7.11 Å². The zero-order chi connectivity index (χ0) is 15.0. The Balaban J connectivity index is 2.09. The maximum Gasteiger partial charge on any atom is 0.202 e. The molecule has 0 unspecified atom stereocenters. The number of rotatable bonds is 4. The van der Waals surface area contributed by atoms with E-state index in [0.717, 1.165) is 34.7 Å². The molecule has 0 aliphatic rings. The van der Waals surface area contributed by atoms with Crippen LogP contribution in [0.1, 0.15) is 18.2 Å². The van der Waals surface area contributed by atoms with Crippen molar-refractivity contribution < 1.29 is 4.74 Å². The maximum absolute atomic E-state index is 6.09. The van der Waals surface area contributed by atoms with Crippen molar-refractivity contribution in [1.29, 1.82) is 0 Å². The van der Waals surface area contributed by atoms with Gasteiger partial charge in [0.05, 0.1) is 19.3 Å². The lowest BCUT2D eigenvalue weighted by Gasteiger charge is -2.09. The van der Waals surface area contributed by atoms with Crippen molar-refractivity contribution in [1.82, 2.24) is 19.3 Å². The molecular formula is C15H19N5O. The van der Waals surface area contributed by atoms with Gasteiger partial charge in [0, 0.05) is 6.54 Å². The molecule has 3 rings (SSSR count). The Labute approximate surface area is 123 Å². The molecule has 21 heavy (non-hydrogen) atoms. The third kappa shape index (κ3) is 2.22. The van der Waals surface area contributed by atoms with Crippen LogP contribution in [0, 0.1) is 6.92 Å². The Morgan fingerprint density at radius 2 is 2.14 bits per heavy atom. The molecule has 6 nitrogen and oxygen atoms in total. The van der Waals surface area contributed by atoms with Gasteiger partial charge < -0.3 is 10.5 Å². The first kappa shape index (κ1) is 13.5. The van der Waals surface area contributed by atoms with Crippen LogP contribution in [0.15, 0.2) is 24.3 Å². The number of aryl methyl sites for hydroxylation is 2. The zero-order valence-corrected chi connectivity index (χ0v) is 12.5. The van der Waals surface area contributed by atoms with E-state index in [4.69, 9.17) is 10.5 Å². The molecule has 2 aromatic heterocycles. The van der Waals surface area contributed by atoms with Crippen molar-refractivity contribution in [2.24, 2.45) is 0 Å². The molecule has 0 saturated carbocycles. The Morgan fingerprint density at radius 3 is 2.86 bits per heavy atom. The highest BCUT2D eigenvalue weighted by molar-refractivity contribution is 5.77. The van der Waals surface area contributed by atoms with Crippen LogP contribution in [-0.4, -0.2) is 26.4 Å². The molecule has 3 aromatic rings. The number of nitrogens with two attached hydrogens (primary N) is 1. The molecule has 0 atom stereocenters. The Bertz CT molecular complexity index is 787. The van der Waals surface area contributed by atoms with Crippen molar-refractivity contribution in [2.45, 2.75) is 26.9 Å². The Hall–Kier alpha value is -2.50. The van der Waals surface area contributed by atoms with Crippen molar-refractivity contribution in [3.05, 3.63) is 35.5 Å². The first-order valence-electron chi connectivity index (χ1n) is 6.96. The summed E-state index contributed by atoms with van der Waals surface area (Å²) in [7, 11) is 1.67. The van der Waals surface area contributed by atoms with Gasteiger partial charge in [0.1, 0.15) is 11.3 Å². The fraction of sp³-hybridized carbons (Fsp3) is 0.333. The molecule has 0 aliphatic carbocycles. The summed E-state index contributed by atoms with van der Waals surface area (Å²) in [5.41, 5.74) is 9.95. The van der Waals surface area contributed by atoms with Crippen LogP contribution in [0.25, 0.3) is 11.2 Å². The van der Waals surface area contributed by atoms with Gasteiger partial charge in [0.2, 0.25) is 5.95 Å². The number of nitrogen functional groups attached to an aromatic ring is 1. The molecule has 2 heterocycles. The molecule has 0 bridgehead atoms. The third-order valence-corrected chi connectivity index (χ3v) is 3.60. The predicted octanol–water partition coefficient (Wildman–Crippen LogP) is 2.20. The summed E-state index contributed by atoms with van der Waals surface area (Å²) in [6.07, 6.45) is 0. The monoisotopic (exact) mass is 285 g/mol. The lowest BCUT2D eigenvalue weighted by Crippen LogP contribution is -2.09. The molecular weight excluding hydrogens is 266 g/mol. The summed E-state index contributed by atoms with van der Waals surface area (Å²) in [4.78, 5) is 4.45. The lowest BCUT2D eigenvalue weighted by atomic mass is 10.2. The van der Waals surface area contributed by atoms with Gasteiger partial charge in [-0.1, -0.05) is 12.1 Å². The quantitative estimate of drug-likeness (QED) is 0.797. The molecule has 2 N–H and O–H groups in total. The summed E-state index contributed by atoms with van der Waals surface area (Å²) in [5, 5.41) is 4.50. The van der Waals surface area contributed by atoms with Gasteiger partial charge in [-0.2, -0.15) is 5.10 Å². The minimum absolute atomic E-state index is 0.510. The second kappa shape index (κ2) is 5.12. The van der Waals surface area contributed by atoms with E-state index in [2.05, 4.69) is 17.0 Å². The van der Waals surface area contributed by atoms with Crippen LogP contribution in [0.3, 0.4) is 0 Å². The number of imidazole rings is 1. The molecule has 0 fully saturated rings. The number of methoxy groups -OCH3 is 1. The van der Waals surface area contributed by atoms with Crippen LogP contribution in [0.5, 0.6) is 5.75 Å². The summed E-state index contributed by atoms with van der Waals surface area (Å²) in [6.45, 7) is 5.44. The number of fused-ring (bicyclic) bond motifs is 1. The van der Waals surface area contributed by atoms with Crippen LogP contribution >= 0.6 is 0 Å². The smallest absolute Gasteiger partial charge is 0.202 e.